The fraction of sp³-hybridized carbons (Fsp3) is 0.909. The van der Waals surface area contributed by atoms with Gasteiger partial charge in [0.05, 0.1) is 18.8 Å². The van der Waals surface area contributed by atoms with Crippen molar-refractivity contribution in [1.82, 2.24) is 5.32 Å². The lowest BCUT2D eigenvalue weighted by atomic mass is 9.82. The number of hydrogen-bond acceptors (Lipinski definition) is 3. The minimum Gasteiger partial charge on any atom is -0.394 e. The third-order valence-electron chi connectivity index (χ3n) is 3.51. The first-order valence-electron chi connectivity index (χ1n) is 5.74. The largest absolute Gasteiger partial charge is 0.394 e. The molecule has 1 aliphatic carbocycles. The van der Waals surface area contributed by atoms with E-state index in [0.29, 0.717) is 25.6 Å². The molecule has 0 aromatic rings. The van der Waals surface area contributed by atoms with Gasteiger partial charge in [0, 0.05) is 13.0 Å². The minimum absolute atomic E-state index is 0.0244. The van der Waals surface area contributed by atoms with Gasteiger partial charge in [-0.05, 0) is 25.2 Å². The van der Waals surface area contributed by atoms with Gasteiger partial charge in [-0.3, -0.25) is 4.79 Å². The van der Waals surface area contributed by atoms with Crippen LogP contribution in [0.2, 0.25) is 0 Å². The maximum Gasteiger partial charge on any atom is 0.220 e. The Labute approximate surface area is 90.0 Å². The lowest BCUT2D eigenvalue weighted by Gasteiger charge is -2.29. The van der Waals surface area contributed by atoms with E-state index >= 15 is 0 Å². The van der Waals surface area contributed by atoms with E-state index in [1.54, 1.807) is 0 Å². The standard InChI is InChI=1S/C11H19NO3/c13-7-11(4-5-15-8-11)12-10(14)6-9-2-1-3-9/h9,13H,1-8H2,(H,12,14)/t11-/m1/s1. The summed E-state index contributed by atoms with van der Waals surface area (Å²) < 4.78 is 5.22. The summed E-state index contributed by atoms with van der Waals surface area (Å²) in [4.78, 5) is 11.7. The van der Waals surface area contributed by atoms with Crippen molar-refractivity contribution in [3.05, 3.63) is 0 Å². The van der Waals surface area contributed by atoms with Crippen molar-refractivity contribution in [2.24, 2.45) is 5.92 Å². The molecule has 15 heavy (non-hydrogen) atoms. The molecule has 1 saturated carbocycles. The number of ether oxygens (including phenoxy) is 1. The lowest BCUT2D eigenvalue weighted by Crippen LogP contribution is -2.52. The fourth-order valence-corrected chi connectivity index (χ4v) is 2.18. The van der Waals surface area contributed by atoms with E-state index in [-0.39, 0.29) is 12.5 Å². The Kier molecular flexibility index (Phi) is 3.26. The molecule has 2 rings (SSSR count). The lowest BCUT2D eigenvalue weighted by molar-refractivity contribution is -0.125. The molecule has 1 amide bonds. The minimum atomic E-state index is -0.499. The van der Waals surface area contributed by atoms with Crippen LogP contribution in [0.3, 0.4) is 0 Å². The van der Waals surface area contributed by atoms with E-state index < -0.39 is 5.54 Å². The Morgan fingerprint density at radius 2 is 2.33 bits per heavy atom. The Morgan fingerprint density at radius 1 is 1.53 bits per heavy atom. The van der Waals surface area contributed by atoms with Crippen LogP contribution in [0.1, 0.15) is 32.1 Å². The molecule has 0 bridgehead atoms. The van der Waals surface area contributed by atoms with Crippen LogP contribution in [-0.2, 0) is 9.53 Å². The number of aliphatic hydroxyl groups excluding tert-OH is 1. The van der Waals surface area contributed by atoms with Crippen molar-refractivity contribution in [2.45, 2.75) is 37.6 Å². The first-order valence-corrected chi connectivity index (χ1v) is 5.74. The van der Waals surface area contributed by atoms with Crippen molar-refractivity contribution in [1.29, 1.82) is 0 Å². The quantitative estimate of drug-likeness (QED) is 0.712. The van der Waals surface area contributed by atoms with Gasteiger partial charge in [0.15, 0.2) is 0 Å². The van der Waals surface area contributed by atoms with Gasteiger partial charge in [-0.25, -0.2) is 0 Å². The third-order valence-corrected chi connectivity index (χ3v) is 3.51. The van der Waals surface area contributed by atoms with Crippen LogP contribution in [0.4, 0.5) is 0 Å². The van der Waals surface area contributed by atoms with Crippen LogP contribution in [0.5, 0.6) is 0 Å². The zero-order chi connectivity index (χ0) is 10.7. The monoisotopic (exact) mass is 213 g/mol. The van der Waals surface area contributed by atoms with Crippen molar-refractivity contribution >= 4 is 5.91 Å². The smallest absolute Gasteiger partial charge is 0.220 e. The summed E-state index contributed by atoms with van der Waals surface area (Å²) in [6.07, 6.45) is 4.94. The van der Waals surface area contributed by atoms with Crippen molar-refractivity contribution < 1.29 is 14.6 Å². The molecule has 0 radical (unpaired) electrons. The summed E-state index contributed by atoms with van der Waals surface area (Å²) in [7, 11) is 0. The van der Waals surface area contributed by atoms with Gasteiger partial charge in [-0.2, -0.15) is 0 Å². The molecule has 2 aliphatic rings. The molecule has 86 valence electrons. The number of amides is 1. The average Bonchev–Trinajstić information content (AvgIpc) is 2.61. The highest BCUT2D eigenvalue weighted by Gasteiger charge is 2.36. The second-order valence-corrected chi connectivity index (χ2v) is 4.79. The first-order chi connectivity index (χ1) is 7.24. The fourth-order valence-electron chi connectivity index (χ4n) is 2.18. The maximum absolute atomic E-state index is 11.7. The van der Waals surface area contributed by atoms with Gasteiger partial charge >= 0.3 is 0 Å². The Morgan fingerprint density at radius 3 is 2.80 bits per heavy atom. The molecular weight excluding hydrogens is 194 g/mol. The summed E-state index contributed by atoms with van der Waals surface area (Å²) in [5, 5.41) is 12.2. The molecule has 4 heteroatoms. The molecule has 0 aromatic heterocycles. The molecule has 2 N–H and O–H groups in total. The van der Waals surface area contributed by atoms with Gasteiger partial charge in [-0.15, -0.1) is 0 Å². The Hall–Kier alpha value is -0.610. The van der Waals surface area contributed by atoms with Crippen LogP contribution in [0.15, 0.2) is 0 Å². The third kappa shape index (κ3) is 2.49. The maximum atomic E-state index is 11.7. The number of rotatable bonds is 4. The molecule has 0 aromatic carbocycles. The van der Waals surface area contributed by atoms with E-state index in [1.807, 2.05) is 0 Å². The molecule has 4 nitrogen and oxygen atoms in total. The summed E-state index contributed by atoms with van der Waals surface area (Å²) in [6, 6.07) is 0. The van der Waals surface area contributed by atoms with E-state index in [9.17, 15) is 9.90 Å². The molecular formula is C11H19NO3. The SMILES string of the molecule is O=C(CC1CCC1)N[C@@]1(CO)CCOC1. The second-order valence-electron chi connectivity index (χ2n) is 4.79. The Balaban J connectivity index is 1.80. The summed E-state index contributed by atoms with van der Waals surface area (Å²) in [6.45, 7) is 1.05. The van der Waals surface area contributed by atoms with E-state index in [2.05, 4.69) is 5.32 Å². The number of carbonyl (C=O) groups is 1. The van der Waals surface area contributed by atoms with E-state index in [4.69, 9.17) is 4.74 Å². The molecule has 1 heterocycles. The molecule has 0 unspecified atom stereocenters. The number of aliphatic hydroxyl groups is 1. The molecule has 1 atom stereocenters. The highest BCUT2D eigenvalue weighted by molar-refractivity contribution is 5.77. The highest BCUT2D eigenvalue weighted by Crippen LogP contribution is 2.29. The number of carbonyl (C=O) groups excluding carboxylic acids is 1. The summed E-state index contributed by atoms with van der Waals surface area (Å²) in [5.74, 6) is 0.641. The average molecular weight is 213 g/mol. The van der Waals surface area contributed by atoms with Crippen LogP contribution >= 0.6 is 0 Å². The zero-order valence-corrected chi connectivity index (χ0v) is 9.00. The number of nitrogens with one attached hydrogen (secondary N) is 1. The van der Waals surface area contributed by atoms with Gasteiger partial charge in [-0.1, -0.05) is 6.42 Å². The van der Waals surface area contributed by atoms with Crippen LogP contribution in [-0.4, -0.2) is 36.4 Å². The number of hydrogen-bond donors (Lipinski definition) is 2. The van der Waals surface area contributed by atoms with Gasteiger partial charge in [0.2, 0.25) is 5.91 Å². The van der Waals surface area contributed by atoms with Crippen LogP contribution in [0, 0.1) is 5.92 Å². The van der Waals surface area contributed by atoms with Crippen LogP contribution < -0.4 is 5.32 Å². The van der Waals surface area contributed by atoms with Crippen molar-refractivity contribution in [3.8, 4) is 0 Å². The van der Waals surface area contributed by atoms with E-state index in [0.717, 1.165) is 6.42 Å². The first kappa shape index (κ1) is 10.9. The van der Waals surface area contributed by atoms with Crippen LogP contribution in [0.25, 0.3) is 0 Å². The summed E-state index contributed by atoms with van der Waals surface area (Å²) >= 11 is 0. The zero-order valence-electron chi connectivity index (χ0n) is 9.00. The Bertz CT molecular complexity index is 232. The van der Waals surface area contributed by atoms with Gasteiger partial charge in [0.1, 0.15) is 0 Å². The highest BCUT2D eigenvalue weighted by atomic mass is 16.5. The topological polar surface area (TPSA) is 58.6 Å². The van der Waals surface area contributed by atoms with Crippen molar-refractivity contribution in [2.75, 3.05) is 19.8 Å². The molecule has 1 saturated heterocycles. The molecule has 1 aliphatic heterocycles. The normalized spacial score (nSPS) is 31.3. The van der Waals surface area contributed by atoms with Gasteiger partial charge < -0.3 is 15.2 Å². The molecule has 0 spiro atoms. The van der Waals surface area contributed by atoms with E-state index in [1.165, 1.54) is 19.3 Å². The summed E-state index contributed by atoms with van der Waals surface area (Å²) in [5.41, 5.74) is -0.499. The predicted molar refractivity (Wildman–Crippen MR) is 55.4 cm³/mol. The van der Waals surface area contributed by atoms with Gasteiger partial charge in [0.25, 0.3) is 0 Å². The molecule has 2 fully saturated rings. The second kappa shape index (κ2) is 4.49. The predicted octanol–water partition coefficient (Wildman–Crippen LogP) is 0.444. The van der Waals surface area contributed by atoms with Crippen molar-refractivity contribution in [3.63, 3.8) is 0 Å².